The van der Waals surface area contributed by atoms with Gasteiger partial charge < -0.3 is 5.11 Å². The largest absolute Gasteiger partial charge is 0.393 e. The molecule has 2 nitrogen and oxygen atoms in total. The molecule has 3 rings (SSSR count). The summed E-state index contributed by atoms with van der Waals surface area (Å²) in [6.07, 6.45) is 0.743. The van der Waals surface area contributed by atoms with Crippen LogP contribution in [-0.4, -0.2) is 29.2 Å². The van der Waals surface area contributed by atoms with Crippen LogP contribution in [0.4, 0.5) is 0 Å². The van der Waals surface area contributed by atoms with Gasteiger partial charge in [-0.1, -0.05) is 54.1 Å². The predicted molar refractivity (Wildman–Crippen MR) is 95.7 cm³/mol. The average Bonchev–Trinajstić information content (AvgIpc) is 2.56. The highest BCUT2D eigenvalue weighted by Crippen LogP contribution is 2.35. The van der Waals surface area contributed by atoms with E-state index in [-0.39, 0.29) is 6.10 Å². The summed E-state index contributed by atoms with van der Waals surface area (Å²) in [5.74, 6) is 0.660. The van der Waals surface area contributed by atoms with E-state index in [0.29, 0.717) is 11.8 Å². The van der Waals surface area contributed by atoms with E-state index in [1.807, 2.05) is 19.1 Å². The molecule has 0 bridgehead atoms. The van der Waals surface area contributed by atoms with Crippen LogP contribution in [0.1, 0.15) is 30.4 Å². The number of hydrogen-bond donors (Lipinski definition) is 1. The molecule has 3 heteroatoms. The number of benzene rings is 2. The zero-order valence-corrected chi connectivity index (χ0v) is 14.3. The minimum Gasteiger partial charge on any atom is -0.393 e. The highest BCUT2D eigenvalue weighted by Gasteiger charge is 2.33. The van der Waals surface area contributed by atoms with Gasteiger partial charge in [-0.3, -0.25) is 4.90 Å². The van der Waals surface area contributed by atoms with E-state index in [0.717, 1.165) is 31.1 Å². The first kappa shape index (κ1) is 16.5. The number of hydrogen-bond acceptors (Lipinski definition) is 2. The van der Waals surface area contributed by atoms with Crippen LogP contribution in [0.2, 0.25) is 5.02 Å². The Labute approximate surface area is 143 Å². The number of rotatable bonds is 4. The highest BCUT2D eigenvalue weighted by atomic mass is 35.5. The second kappa shape index (κ2) is 7.48. The third-order valence-corrected chi connectivity index (χ3v) is 5.17. The highest BCUT2D eigenvalue weighted by molar-refractivity contribution is 6.30. The minimum absolute atomic E-state index is 0.283. The lowest BCUT2D eigenvalue weighted by Crippen LogP contribution is -2.42. The molecule has 23 heavy (non-hydrogen) atoms. The van der Waals surface area contributed by atoms with Crippen LogP contribution in [0, 0.1) is 5.92 Å². The molecule has 1 unspecified atom stereocenters. The number of piperidine rings is 1. The van der Waals surface area contributed by atoms with Crippen molar-refractivity contribution in [1.29, 1.82) is 0 Å². The van der Waals surface area contributed by atoms with Crippen LogP contribution >= 0.6 is 11.6 Å². The Morgan fingerprint density at radius 2 is 1.83 bits per heavy atom. The molecule has 0 aromatic heterocycles. The third kappa shape index (κ3) is 4.14. The van der Waals surface area contributed by atoms with E-state index in [1.54, 1.807) is 0 Å². The Morgan fingerprint density at radius 3 is 2.48 bits per heavy atom. The first-order chi connectivity index (χ1) is 11.1. The molecule has 0 aliphatic carbocycles. The second-order valence-corrected chi connectivity index (χ2v) is 7.01. The molecule has 1 aliphatic heterocycles. The maximum Gasteiger partial charge on any atom is 0.0547 e. The molecular formula is C20H24ClNO. The van der Waals surface area contributed by atoms with Crippen LogP contribution in [-0.2, 0) is 6.54 Å². The predicted octanol–water partition coefficient (Wildman–Crippen LogP) is 4.33. The molecule has 0 radical (unpaired) electrons. The van der Waals surface area contributed by atoms with Gasteiger partial charge in [0.1, 0.15) is 0 Å². The zero-order valence-electron chi connectivity index (χ0n) is 13.5. The van der Waals surface area contributed by atoms with E-state index in [9.17, 15) is 5.11 Å². The Balaban J connectivity index is 1.77. The maximum absolute atomic E-state index is 10.2. The van der Waals surface area contributed by atoms with Gasteiger partial charge >= 0.3 is 0 Å². The number of aliphatic hydroxyl groups excluding tert-OH is 1. The zero-order chi connectivity index (χ0) is 16.2. The number of aliphatic hydroxyl groups is 1. The first-order valence-electron chi connectivity index (χ1n) is 8.33. The molecule has 2 aromatic rings. The summed E-state index contributed by atoms with van der Waals surface area (Å²) in [5, 5.41) is 11.0. The fraction of sp³-hybridized carbons (Fsp3) is 0.400. The third-order valence-electron chi connectivity index (χ3n) is 4.92. The summed E-state index contributed by atoms with van der Waals surface area (Å²) in [6.45, 7) is 4.90. The average molecular weight is 330 g/mol. The smallest absolute Gasteiger partial charge is 0.0547 e. The normalized spacial score (nSPS) is 23.6. The molecule has 122 valence electrons. The van der Waals surface area contributed by atoms with Crippen molar-refractivity contribution in [3.05, 3.63) is 70.7 Å². The Bertz CT molecular complexity index is 611. The fourth-order valence-corrected chi connectivity index (χ4v) is 3.79. The number of halogens is 1. The lowest BCUT2D eigenvalue weighted by atomic mass is 9.78. The number of nitrogens with zero attached hydrogens (tertiary/aromatic N) is 1. The van der Waals surface area contributed by atoms with Crippen LogP contribution in [0.5, 0.6) is 0 Å². The molecule has 2 aromatic carbocycles. The lowest BCUT2D eigenvalue weighted by Gasteiger charge is -2.40. The van der Waals surface area contributed by atoms with Gasteiger partial charge in [-0.2, -0.15) is 0 Å². The van der Waals surface area contributed by atoms with E-state index in [1.165, 1.54) is 11.1 Å². The summed E-state index contributed by atoms with van der Waals surface area (Å²) in [4.78, 5) is 2.49. The molecule has 0 spiro atoms. The fourth-order valence-electron chi connectivity index (χ4n) is 3.66. The van der Waals surface area contributed by atoms with Gasteiger partial charge in [-0.05, 0) is 49.1 Å². The standard InChI is InChI=1S/C20H24ClNO/c1-15(23)19-11-12-22(13-16-5-3-2-4-6-16)14-20(19)17-7-9-18(21)10-8-17/h2-10,15,19-20,23H,11-14H2,1H3/t15?,19-,20-/m1/s1. The van der Waals surface area contributed by atoms with Crippen molar-refractivity contribution in [2.24, 2.45) is 5.92 Å². The molecule has 1 fully saturated rings. The van der Waals surface area contributed by atoms with E-state index >= 15 is 0 Å². The van der Waals surface area contributed by atoms with E-state index in [2.05, 4.69) is 47.4 Å². The van der Waals surface area contributed by atoms with Crippen LogP contribution in [0.3, 0.4) is 0 Å². The van der Waals surface area contributed by atoms with E-state index < -0.39 is 0 Å². The second-order valence-electron chi connectivity index (χ2n) is 6.57. The van der Waals surface area contributed by atoms with Crippen molar-refractivity contribution in [3.8, 4) is 0 Å². The van der Waals surface area contributed by atoms with Crippen molar-refractivity contribution in [1.82, 2.24) is 4.90 Å². The Morgan fingerprint density at radius 1 is 1.13 bits per heavy atom. The van der Waals surface area contributed by atoms with Crippen molar-refractivity contribution >= 4 is 11.6 Å². The monoisotopic (exact) mass is 329 g/mol. The van der Waals surface area contributed by atoms with Gasteiger partial charge in [-0.15, -0.1) is 0 Å². The van der Waals surface area contributed by atoms with E-state index in [4.69, 9.17) is 11.6 Å². The molecular weight excluding hydrogens is 306 g/mol. The number of likely N-dealkylation sites (tertiary alicyclic amines) is 1. The van der Waals surface area contributed by atoms with Crippen LogP contribution in [0.25, 0.3) is 0 Å². The van der Waals surface area contributed by atoms with Crippen molar-refractivity contribution in [2.45, 2.75) is 31.9 Å². The van der Waals surface area contributed by atoms with Gasteiger partial charge in [-0.25, -0.2) is 0 Å². The summed E-state index contributed by atoms with van der Waals surface area (Å²) in [6, 6.07) is 18.7. The topological polar surface area (TPSA) is 23.5 Å². The first-order valence-corrected chi connectivity index (χ1v) is 8.71. The van der Waals surface area contributed by atoms with Gasteiger partial charge in [0.2, 0.25) is 0 Å². The molecule has 0 amide bonds. The summed E-state index contributed by atoms with van der Waals surface area (Å²) < 4.78 is 0. The summed E-state index contributed by atoms with van der Waals surface area (Å²) in [7, 11) is 0. The summed E-state index contributed by atoms with van der Waals surface area (Å²) in [5.41, 5.74) is 2.62. The van der Waals surface area contributed by atoms with Crippen LogP contribution < -0.4 is 0 Å². The van der Waals surface area contributed by atoms with Crippen molar-refractivity contribution in [3.63, 3.8) is 0 Å². The van der Waals surface area contributed by atoms with Gasteiger partial charge in [0.25, 0.3) is 0 Å². The van der Waals surface area contributed by atoms with Gasteiger partial charge in [0.05, 0.1) is 6.10 Å². The summed E-state index contributed by atoms with van der Waals surface area (Å²) >= 11 is 6.03. The molecule has 1 aliphatic rings. The van der Waals surface area contributed by atoms with Crippen molar-refractivity contribution < 1.29 is 5.11 Å². The lowest BCUT2D eigenvalue weighted by molar-refractivity contribution is 0.0520. The van der Waals surface area contributed by atoms with Gasteiger partial charge in [0.15, 0.2) is 0 Å². The Kier molecular flexibility index (Phi) is 5.37. The molecule has 3 atom stereocenters. The molecule has 1 heterocycles. The van der Waals surface area contributed by atoms with Crippen LogP contribution in [0.15, 0.2) is 54.6 Å². The SMILES string of the molecule is CC(O)[C@H]1CCN(Cc2ccccc2)C[C@@H]1c1ccc(Cl)cc1. The molecule has 1 saturated heterocycles. The van der Waals surface area contributed by atoms with Gasteiger partial charge in [0, 0.05) is 24.0 Å². The quantitative estimate of drug-likeness (QED) is 0.902. The molecule has 1 N–H and O–H groups in total. The van der Waals surface area contributed by atoms with Crippen molar-refractivity contribution in [2.75, 3.05) is 13.1 Å². The minimum atomic E-state index is -0.283. The maximum atomic E-state index is 10.2. The molecule has 0 saturated carbocycles. The Hall–Kier alpha value is -1.35.